The first-order valence-electron chi connectivity index (χ1n) is 14.0. The summed E-state index contributed by atoms with van der Waals surface area (Å²) < 4.78 is 39.2. The van der Waals surface area contributed by atoms with Crippen molar-refractivity contribution in [3.05, 3.63) is 84.2 Å². The lowest BCUT2D eigenvalue weighted by Gasteiger charge is -2.25. The van der Waals surface area contributed by atoms with Crippen molar-refractivity contribution in [3.8, 4) is 11.5 Å². The van der Waals surface area contributed by atoms with E-state index in [9.17, 15) is 18.0 Å². The van der Waals surface area contributed by atoms with E-state index in [0.717, 1.165) is 40.8 Å². The predicted octanol–water partition coefficient (Wildman–Crippen LogP) is 5.09. The van der Waals surface area contributed by atoms with E-state index >= 15 is 0 Å². The Hall–Kier alpha value is -4.38. The van der Waals surface area contributed by atoms with Crippen molar-refractivity contribution in [1.82, 2.24) is 19.6 Å². The standard InChI is InChI=1S/C31H34N4O6S/c1-21-8-14-25(15-9-21)42(38,39)35-19-17-26-27(16-18-33-29(26)35)40-24-12-10-22(11-13-24)20-28(41-31(37)32-2)30(36)34-23-6-4-3-5-7-23/h8-19,23,28H,3-7,20H2,1-2H3,(H,32,37)(H,34,36). The molecule has 2 aromatic carbocycles. The van der Waals surface area contributed by atoms with E-state index < -0.39 is 22.2 Å². The monoisotopic (exact) mass is 590 g/mol. The number of hydrogen-bond donors (Lipinski definition) is 2. The number of pyridine rings is 1. The highest BCUT2D eigenvalue weighted by molar-refractivity contribution is 7.90. The minimum Gasteiger partial charge on any atom is -0.457 e. The zero-order valence-corrected chi connectivity index (χ0v) is 24.4. The summed E-state index contributed by atoms with van der Waals surface area (Å²) in [6.45, 7) is 1.89. The third-order valence-corrected chi connectivity index (χ3v) is 9.04. The summed E-state index contributed by atoms with van der Waals surface area (Å²) in [5.41, 5.74) is 2.00. The molecule has 0 spiro atoms. The molecule has 1 atom stereocenters. The van der Waals surface area contributed by atoms with Crippen LogP contribution in [0, 0.1) is 6.92 Å². The second kappa shape index (κ2) is 12.6. The number of fused-ring (bicyclic) bond motifs is 1. The average molecular weight is 591 g/mol. The van der Waals surface area contributed by atoms with E-state index in [0.29, 0.717) is 16.9 Å². The Morgan fingerprint density at radius 3 is 2.40 bits per heavy atom. The van der Waals surface area contributed by atoms with Gasteiger partial charge in [-0.1, -0.05) is 49.1 Å². The maximum Gasteiger partial charge on any atom is 0.407 e. The molecule has 1 fully saturated rings. The molecule has 0 aliphatic heterocycles. The molecule has 1 unspecified atom stereocenters. The van der Waals surface area contributed by atoms with Crippen LogP contribution in [0.3, 0.4) is 0 Å². The van der Waals surface area contributed by atoms with E-state index in [1.165, 1.54) is 25.9 Å². The van der Waals surface area contributed by atoms with Gasteiger partial charge in [0, 0.05) is 31.9 Å². The first-order chi connectivity index (χ1) is 20.2. The third-order valence-electron chi connectivity index (χ3n) is 7.36. The molecule has 2 heterocycles. The maximum absolute atomic E-state index is 13.3. The second-order valence-corrected chi connectivity index (χ2v) is 12.2. The molecule has 4 aromatic rings. The normalized spacial score (nSPS) is 14.7. The number of aryl methyl sites for hydroxylation is 1. The zero-order chi connectivity index (χ0) is 29.7. The Morgan fingerprint density at radius 2 is 1.71 bits per heavy atom. The zero-order valence-electron chi connectivity index (χ0n) is 23.6. The molecule has 10 nitrogen and oxygen atoms in total. The van der Waals surface area contributed by atoms with Crippen molar-refractivity contribution in [2.24, 2.45) is 0 Å². The first kappa shape index (κ1) is 29.1. The Bertz CT molecular complexity index is 1660. The van der Waals surface area contributed by atoms with Gasteiger partial charge in [-0.25, -0.2) is 22.2 Å². The van der Waals surface area contributed by atoms with E-state index in [-0.39, 0.29) is 28.9 Å². The number of alkyl carbamates (subject to hydrolysis) is 1. The van der Waals surface area contributed by atoms with Gasteiger partial charge in [0.25, 0.3) is 15.9 Å². The Kier molecular flexibility index (Phi) is 8.77. The molecular formula is C31H34N4O6S. The number of nitrogens with one attached hydrogen (secondary N) is 2. The van der Waals surface area contributed by atoms with Crippen molar-refractivity contribution in [2.75, 3.05) is 7.05 Å². The van der Waals surface area contributed by atoms with E-state index in [4.69, 9.17) is 9.47 Å². The number of aromatic nitrogens is 2. The Labute approximate surface area is 245 Å². The maximum atomic E-state index is 13.3. The van der Waals surface area contributed by atoms with E-state index in [2.05, 4.69) is 15.6 Å². The fraction of sp³-hybridized carbons (Fsp3) is 0.323. The van der Waals surface area contributed by atoms with Crippen LogP contribution in [0.2, 0.25) is 0 Å². The highest BCUT2D eigenvalue weighted by atomic mass is 32.2. The minimum absolute atomic E-state index is 0.0942. The highest BCUT2D eigenvalue weighted by Gasteiger charge is 2.26. The fourth-order valence-corrected chi connectivity index (χ4v) is 6.35. The van der Waals surface area contributed by atoms with Gasteiger partial charge in [0.15, 0.2) is 11.8 Å². The van der Waals surface area contributed by atoms with Crippen molar-refractivity contribution in [2.45, 2.75) is 62.5 Å². The van der Waals surface area contributed by atoms with Crippen LogP contribution in [0.5, 0.6) is 11.5 Å². The summed E-state index contributed by atoms with van der Waals surface area (Å²) in [5.74, 6) is 0.643. The molecule has 5 rings (SSSR count). The number of nitrogens with zero attached hydrogens (tertiary/aromatic N) is 2. The molecule has 2 amide bonds. The summed E-state index contributed by atoms with van der Waals surface area (Å²) in [4.78, 5) is 29.4. The lowest BCUT2D eigenvalue weighted by atomic mass is 9.95. The molecule has 2 N–H and O–H groups in total. The lowest BCUT2D eigenvalue weighted by molar-refractivity contribution is -0.130. The van der Waals surface area contributed by atoms with E-state index in [1.807, 2.05) is 6.92 Å². The highest BCUT2D eigenvalue weighted by Crippen LogP contribution is 2.31. The van der Waals surface area contributed by atoms with Gasteiger partial charge in [-0.2, -0.15) is 0 Å². The smallest absolute Gasteiger partial charge is 0.407 e. The van der Waals surface area contributed by atoms with Crippen molar-refractivity contribution >= 4 is 33.1 Å². The molecule has 11 heteroatoms. The van der Waals surface area contributed by atoms with Crippen LogP contribution in [0.25, 0.3) is 11.0 Å². The van der Waals surface area contributed by atoms with Crippen LogP contribution in [0.1, 0.15) is 43.2 Å². The molecule has 1 aliphatic rings. The summed E-state index contributed by atoms with van der Waals surface area (Å²) in [6.07, 6.45) is 6.68. The minimum atomic E-state index is -3.85. The van der Waals surface area contributed by atoms with Gasteiger partial charge in [-0.3, -0.25) is 4.79 Å². The third kappa shape index (κ3) is 6.57. The second-order valence-electron chi connectivity index (χ2n) is 10.4. The Morgan fingerprint density at radius 1 is 1.00 bits per heavy atom. The summed E-state index contributed by atoms with van der Waals surface area (Å²) in [6, 6.07) is 17.2. The summed E-state index contributed by atoms with van der Waals surface area (Å²) in [5, 5.41) is 5.98. The number of carbonyl (C=O) groups is 2. The summed E-state index contributed by atoms with van der Waals surface area (Å²) >= 11 is 0. The average Bonchev–Trinajstić information content (AvgIpc) is 3.45. The number of ether oxygens (including phenoxy) is 2. The number of hydrogen-bond acceptors (Lipinski definition) is 7. The largest absolute Gasteiger partial charge is 0.457 e. The fourth-order valence-electron chi connectivity index (χ4n) is 5.05. The van der Waals surface area contributed by atoms with Gasteiger partial charge in [-0.05, 0) is 61.7 Å². The lowest BCUT2D eigenvalue weighted by Crippen LogP contribution is -2.45. The van der Waals surface area contributed by atoms with Gasteiger partial charge in [-0.15, -0.1) is 0 Å². The van der Waals surface area contributed by atoms with Crippen LogP contribution in [-0.4, -0.2) is 48.6 Å². The van der Waals surface area contributed by atoms with Gasteiger partial charge >= 0.3 is 6.09 Å². The molecule has 0 saturated heterocycles. The van der Waals surface area contributed by atoms with Gasteiger partial charge in [0.1, 0.15) is 11.5 Å². The van der Waals surface area contributed by atoms with Crippen molar-refractivity contribution in [3.63, 3.8) is 0 Å². The molecule has 1 aliphatic carbocycles. The number of benzene rings is 2. The molecule has 1 saturated carbocycles. The topological polar surface area (TPSA) is 129 Å². The quantitative estimate of drug-likeness (QED) is 0.278. The van der Waals surface area contributed by atoms with Crippen LogP contribution >= 0.6 is 0 Å². The molecular weight excluding hydrogens is 556 g/mol. The van der Waals surface area contributed by atoms with Gasteiger partial charge in [0.2, 0.25) is 0 Å². The number of carbonyl (C=O) groups excluding carboxylic acids is 2. The molecule has 2 aromatic heterocycles. The molecule has 42 heavy (non-hydrogen) atoms. The first-order valence-corrected chi connectivity index (χ1v) is 15.4. The van der Waals surface area contributed by atoms with Crippen molar-refractivity contribution in [1.29, 1.82) is 0 Å². The van der Waals surface area contributed by atoms with Crippen LogP contribution in [0.15, 0.2) is 78.0 Å². The predicted molar refractivity (Wildman–Crippen MR) is 158 cm³/mol. The van der Waals surface area contributed by atoms with Crippen LogP contribution in [-0.2, 0) is 26.0 Å². The van der Waals surface area contributed by atoms with Gasteiger partial charge in [0.05, 0.1) is 10.3 Å². The molecule has 220 valence electrons. The number of amides is 2. The Balaban J connectivity index is 1.31. The van der Waals surface area contributed by atoms with Gasteiger partial charge < -0.3 is 20.1 Å². The SMILES string of the molecule is CNC(=O)OC(Cc1ccc(Oc2ccnc3c2ccn3S(=O)(=O)c2ccc(C)cc2)cc1)C(=O)NC1CCCCC1. The molecule has 0 radical (unpaired) electrons. The number of rotatable bonds is 9. The molecule has 0 bridgehead atoms. The van der Waals surface area contributed by atoms with Crippen LogP contribution < -0.4 is 15.4 Å². The van der Waals surface area contributed by atoms with E-state index in [1.54, 1.807) is 60.7 Å². The van der Waals surface area contributed by atoms with Crippen molar-refractivity contribution < 1.29 is 27.5 Å². The summed E-state index contributed by atoms with van der Waals surface area (Å²) in [7, 11) is -2.40. The van der Waals surface area contributed by atoms with Crippen LogP contribution in [0.4, 0.5) is 4.79 Å².